The van der Waals surface area contributed by atoms with Crippen LogP contribution in [0.1, 0.15) is 24.3 Å². The predicted octanol–water partition coefficient (Wildman–Crippen LogP) is 3.09. The number of hydrogen-bond donors (Lipinski definition) is 1. The first kappa shape index (κ1) is 7.39. The predicted molar refractivity (Wildman–Crippen MR) is 53.1 cm³/mol. The van der Waals surface area contributed by atoms with Crippen LogP contribution in [0.15, 0.2) is 18.2 Å². The number of nitrogens with zero attached hydrogens (tertiary/aromatic N) is 1. The van der Waals surface area contributed by atoms with E-state index < -0.39 is 0 Å². The quantitative estimate of drug-likeness (QED) is 0.739. The lowest BCUT2D eigenvalue weighted by atomic mass is 10.1. The number of fused-ring (bicyclic) bond motifs is 1. The zero-order chi connectivity index (χ0) is 8.84. The highest BCUT2D eigenvalue weighted by molar-refractivity contribution is 6.34. The minimum Gasteiger partial charge on any atom is -0.276 e. The molecule has 0 spiro atoms. The fraction of sp³-hybridized carbons (Fsp3) is 0.300. The second kappa shape index (κ2) is 2.48. The summed E-state index contributed by atoms with van der Waals surface area (Å²) in [6.07, 6.45) is 2.64. The third-order valence-corrected chi connectivity index (χ3v) is 2.88. The minimum absolute atomic E-state index is 0.581. The molecule has 0 aliphatic heterocycles. The molecule has 66 valence electrons. The van der Waals surface area contributed by atoms with Crippen LogP contribution in [0.2, 0.25) is 5.15 Å². The Morgan fingerprint density at radius 3 is 3.00 bits per heavy atom. The van der Waals surface area contributed by atoms with Crippen LogP contribution in [0.25, 0.3) is 10.9 Å². The molecule has 1 aromatic carbocycles. The summed E-state index contributed by atoms with van der Waals surface area (Å²) in [5.41, 5.74) is 2.42. The van der Waals surface area contributed by atoms with Crippen molar-refractivity contribution in [2.45, 2.75) is 18.8 Å². The van der Waals surface area contributed by atoms with E-state index in [2.05, 4.69) is 28.4 Å². The van der Waals surface area contributed by atoms with Gasteiger partial charge in [0.2, 0.25) is 0 Å². The number of aromatic nitrogens is 2. The molecule has 3 heteroatoms. The highest BCUT2D eigenvalue weighted by Crippen LogP contribution is 2.41. The first-order valence-electron chi connectivity index (χ1n) is 4.48. The van der Waals surface area contributed by atoms with Gasteiger partial charge in [0.05, 0.1) is 5.52 Å². The van der Waals surface area contributed by atoms with E-state index in [1.807, 2.05) is 0 Å². The minimum atomic E-state index is 0.581. The Balaban J connectivity index is 2.24. The van der Waals surface area contributed by atoms with E-state index in [1.54, 1.807) is 0 Å². The van der Waals surface area contributed by atoms with Crippen molar-refractivity contribution in [1.82, 2.24) is 10.2 Å². The van der Waals surface area contributed by atoms with E-state index in [4.69, 9.17) is 11.6 Å². The smallest absolute Gasteiger partial charge is 0.158 e. The summed E-state index contributed by atoms with van der Waals surface area (Å²) < 4.78 is 0. The van der Waals surface area contributed by atoms with Crippen molar-refractivity contribution in [2.24, 2.45) is 0 Å². The lowest BCUT2D eigenvalue weighted by molar-refractivity contribution is 1.12. The Kier molecular flexibility index (Phi) is 1.41. The fourth-order valence-corrected chi connectivity index (χ4v) is 1.87. The molecule has 0 unspecified atom stereocenters. The van der Waals surface area contributed by atoms with Gasteiger partial charge in [-0.05, 0) is 36.5 Å². The van der Waals surface area contributed by atoms with Gasteiger partial charge in [0, 0.05) is 5.39 Å². The second-order valence-corrected chi connectivity index (χ2v) is 3.95. The highest BCUT2D eigenvalue weighted by Gasteiger charge is 2.23. The van der Waals surface area contributed by atoms with E-state index in [0.717, 1.165) is 16.8 Å². The zero-order valence-electron chi connectivity index (χ0n) is 7.05. The number of nitrogens with one attached hydrogen (secondary N) is 1. The number of aromatic amines is 1. The summed E-state index contributed by atoms with van der Waals surface area (Å²) in [5, 5.41) is 8.48. The lowest BCUT2D eigenvalue weighted by Gasteiger charge is -1.96. The van der Waals surface area contributed by atoms with Gasteiger partial charge in [-0.2, -0.15) is 5.10 Å². The molecule has 0 radical (unpaired) electrons. The van der Waals surface area contributed by atoms with E-state index >= 15 is 0 Å². The molecule has 0 amide bonds. The van der Waals surface area contributed by atoms with Gasteiger partial charge in [0.25, 0.3) is 0 Å². The average molecular weight is 193 g/mol. The van der Waals surface area contributed by atoms with Crippen LogP contribution < -0.4 is 0 Å². The van der Waals surface area contributed by atoms with E-state index in [-0.39, 0.29) is 0 Å². The van der Waals surface area contributed by atoms with Crippen molar-refractivity contribution < 1.29 is 0 Å². The van der Waals surface area contributed by atoms with Gasteiger partial charge >= 0.3 is 0 Å². The summed E-state index contributed by atoms with van der Waals surface area (Å²) in [4.78, 5) is 0. The standard InChI is InChI=1S/C10H9ClN2/c11-10-8-5-7(6-1-2-6)3-4-9(8)12-13-10/h3-6H,1-2H2,(H,12,13). The van der Waals surface area contributed by atoms with Crippen LogP contribution in [-0.2, 0) is 0 Å². The highest BCUT2D eigenvalue weighted by atomic mass is 35.5. The third kappa shape index (κ3) is 1.13. The van der Waals surface area contributed by atoms with Crippen molar-refractivity contribution in [3.63, 3.8) is 0 Å². The average Bonchev–Trinajstić information content (AvgIpc) is 2.93. The monoisotopic (exact) mass is 192 g/mol. The molecular weight excluding hydrogens is 184 g/mol. The largest absolute Gasteiger partial charge is 0.276 e. The number of hydrogen-bond acceptors (Lipinski definition) is 1. The maximum atomic E-state index is 5.93. The molecule has 1 N–H and O–H groups in total. The van der Waals surface area contributed by atoms with Crippen molar-refractivity contribution in [1.29, 1.82) is 0 Å². The normalized spacial score (nSPS) is 16.7. The van der Waals surface area contributed by atoms with Crippen molar-refractivity contribution in [3.8, 4) is 0 Å². The topological polar surface area (TPSA) is 28.7 Å². The van der Waals surface area contributed by atoms with Gasteiger partial charge in [0.15, 0.2) is 5.15 Å². The maximum absolute atomic E-state index is 5.93. The first-order chi connectivity index (χ1) is 6.34. The molecule has 2 nitrogen and oxygen atoms in total. The summed E-state index contributed by atoms with van der Waals surface area (Å²) in [6, 6.07) is 6.37. The van der Waals surface area contributed by atoms with Crippen molar-refractivity contribution in [3.05, 3.63) is 28.9 Å². The summed E-state index contributed by atoms with van der Waals surface area (Å²) in [5.74, 6) is 0.773. The number of benzene rings is 1. The van der Waals surface area contributed by atoms with Gasteiger partial charge in [-0.15, -0.1) is 0 Å². The molecule has 1 fully saturated rings. The Hall–Kier alpha value is -1.02. The molecule has 0 saturated heterocycles. The molecule has 3 rings (SSSR count). The van der Waals surface area contributed by atoms with E-state index in [1.165, 1.54) is 18.4 Å². The van der Waals surface area contributed by atoms with Crippen LogP contribution in [0.3, 0.4) is 0 Å². The Morgan fingerprint density at radius 1 is 1.38 bits per heavy atom. The third-order valence-electron chi connectivity index (χ3n) is 2.59. The molecule has 1 aromatic heterocycles. The molecule has 1 aliphatic carbocycles. The van der Waals surface area contributed by atoms with Crippen LogP contribution in [0.4, 0.5) is 0 Å². The molecule has 0 atom stereocenters. The van der Waals surface area contributed by atoms with Gasteiger partial charge in [-0.25, -0.2) is 0 Å². The molecule has 1 aliphatic rings. The molecule has 1 saturated carbocycles. The SMILES string of the molecule is Clc1n[nH]c2ccc(C3CC3)cc12. The Bertz CT molecular complexity index is 457. The van der Waals surface area contributed by atoms with Crippen molar-refractivity contribution in [2.75, 3.05) is 0 Å². The Morgan fingerprint density at radius 2 is 2.23 bits per heavy atom. The van der Waals surface area contributed by atoms with E-state index in [0.29, 0.717) is 5.15 Å². The van der Waals surface area contributed by atoms with Crippen LogP contribution in [-0.4, -0.2) is 10.2 Å². The van der Waals surface area contributed by atoms with Crippen LogP contribution in [0, 0.1) is 0 Å². The number of halogens is 1. The van der Waals surface area contributed by atoms with Gasteiger partial charge < -0.3 is 0 Å². The zero-order valence-corrected chi connectivity index (χ0v) is 7.80. The lowest BCUT2D eigenvalue weighted by Crippen LogP contribution is -1.77. The summed E-state index contributed by atoms with van der Waals surface area (Å²) in [7, 11) is 0. The van der Waals surface area contributed by atoms with Crippen LogP contribution in [0.5, 0.6) is 0 Å². The summed E-state index contributed by atoms with van der Waals surface area (Å²) in [6.45, 7) is 0. The fourth-order valence-electron chi connectivity index (χ4n) is 1.67. The maximum Gasteiger partial charge on any atom is 0.158 e. The first-order valence-corrected chi connectivity index (χ1v) is 4.86. The van der Waals surface area contributed by atoms with E-state index in [9.17, 15) is 0 Å². The van der Waals surface area contributed by atoms with Gasteiger partial charge in [0.1, 0.15) is 0 Å². The molecule has 0 bridgehead atoms. The Labute approximate surface area is 80.9 Å². The second-order valence-electron chi connectivity index (χ2n) is 3.59. The summed E-state index contributed by atoms with van der Waals surface area (Å²) >= 11 is 5.93. The molecule has 1 heterocycles. The molecule has 13 heavy (non-hydrogen) atoms. The van der Waals surface area contributed by atoms with Crippen LogP contribution >= 0.6 is 11.6 Å². The van der Waals surface area contributed by atoms with Crippen molar-refractivity contribution >= 4 is 22.5 Å². The van der Waals surface area contributed by atoms with Gasteiger partial charge in [-0.3, -0.25) is 5.10 Å². The molecule has 2 aromatic rings. The number of rotatable bonds is 1. The number of H-pyrrole nitrogens is 1. The van der Waals surface area contributed by atoms with Gasteiger partial charge in [-0.1, -0.05) is 17.7 Å². The molecular formula is C10H9ClN2.